The molecule has 0 aromatic heterocycles. The van der Waals surface area contributed by atoms with Gasteiger partial charge in [-0.1, -0.05) is 42.5 Å². The maximum absolute atomic E-state index is 12.0. The Bertz CT molecular complexity index is 1040. The number of carbonyl (C=O) groups excluding carboxylic acids is 1. The van der Waals surface area contributed by atoms with Crippen molar-refractivity contribution in [2.75, 3.05) is 19.8 Å². The molecule has 0 saturated heterocycles. The van der Waals surface area contributed by atoms with E-state index in [2.05, 4.69) is 6.92 Å². The molecule has 0 saturated carbocycles. The second kappa shape index (κ2) is 13.2. The Labute approximate surface area is 201 Å². The highest BCUT2D eigenvalue weighted by atomic mass is 16.6. The molecule has 3 rings (SSSR count). The zero-order chi connectivity index (χ0) is 24.2. The number of para-hydroxylation sites is 1. The lowest BCUT2D eigenvalue weighted by Crippen LogP contribution is -2.28. The van der Waals surface area contributed by atoms with Crippen molar-refractivity contribution in [2.24, 2.45) is 0 Å². The SMILES string of the molecule is CCOC(=O)C(Cc1ccc(OC/C=C(\C)c2ccc(Oc3ccccc3)cc2)cc1)OCC. The maximum Gasteiger partial charge on any atom is 0.335 e. The van der Waals surface area contributed by atoms with Gasteiger partial charge in [0.05, 0.1) is 6.61 Å². The summed E-state index contributed by atoms with van der Waals surface area (Å²) in [6, 6.07) is 25.4. The van der Waals surface area contributed by atoms with E-state index in [4.69, 9.17) is 18.9 Å². The molecule has 0 aliphatic heterocycles. The molecule has 0 radical (unpaired) electrons. The van der Waals surface area contributed by atoms with Crippen molar-refractivity contribution in [3.05, 3.63) is 96.1 Å². The fraction of sp³-hybridized carbons (Fsp3) is 0.276. The Balaban J connectivity index is 1.51. The molecule has 0 bridgehead atoms. The number of benzene rings is 3. The van der Waals surface area contributed by atoms with E-state index in [1.54, 1.807) is 6.92 Å². The Morgan fingerprint density at radius 3 is 2.12 bits per heavy atom. The maximum atomic E-state index is 12.0. The van der Waals surface area contributed by atoms with Crippen LogP contribution in [0.3, 0.4) is 0 Å². The van der Waals surface area contributed by atoms with Crippen molar-refractivity contribution in [3.8, 4) is 17.2 Å². The summed E-state index contributed by atoms with van der Waals surface area (Å²) in [5, 5.41) is 0. The van der Waals surface area contributed by atoms with Gasteiger partial charge in [0, 0.05) is 13.0 Å². The van der Waals surface area contributed by atoms with Gasteiger partial charge in [-0.3, -0.25) is 0 Å². The van der Waals surface area contributed by atoms with Gasteiger partial charge in [-0.15, -0.1) is 0 Å². The molecule has 0 fully saturated rings. The molecule has 1 atom stereocenters. The first-order valence-corrected chi connectivity index (χ1v) is 11.6. The Morgan fingerprint density at radius 2 is 1.47 bits per heavy atom. The lowest BCUT2D eigenvalue weighted by atomic mass is 10.1. The molecule has 5 heteroatoms. The first-order chi connectivity index (χ1) is 16.6. The summed E-state index contributed by atoms with van der Waals surface area (Å²) >= 11 is 0. The summed E-state index contributed by atoms with van der Waals surface area (Å²) in [5.41, 5.74) is 3.22. The highest BCUT2D eigenvalue weighted by Crippen LogP contribution is 2.23. The van der Waals surface area contributed by atoms with Crippen LogP contribution in [-0.2, 0) is 20.7 Å². The first-order valence-electron chi connectivity index (χ1n) is 11.6. The Kier molecular flexibility index (Phi) is 9.74. The van der Waals surface area contributed by atoms with Crippen LogP contribution in [-0.4, -0.2) is 31.9 Å². The van der Waals surface area contributed by atoms with E-state index in [1.807, 2.05) is 91.9 Å². The molecule has 1 unspecified atom stereocenters. The van der Waals surface area contributed by atoms with Gasteiger partial charge in [-0.05, 0) is 79.9 Å². The molecule has 0 N–H and O–H groups in total. The van der Waals surface area contributed by atoms with Gasteiger partial charge in [-0.2, -0.15) is 0 Å². The largest absolute Gasteiger partial charge is 0.490 e. The lowest BCUT2D eigenvalue weighted by Gasteiger charge is -2.15. The number of ether oxygens (including phenoxy) is 4. The second-order valence-electron chi connectivity index (χ2n) is 7.68. The van der Waals surface area contributed by atoms with E-state index in [-0.39, 0.29) is 5.97 Å². The third-order valence-electron chi connectivity index (χ3n) is 5.19. The average molecular weight is 461 g/mol. The van der Waals surface area contributed by atoms with Gasteiger partial charge in [-0.25, -0.2) is 4.79 Å². The molecule has 0 spiro atoms. The van der Waals surface area contributed by atoms with Crippen molar-refractivity contribution < 1.29 is 23.7 Å². The van der Waals surface area contributed by atoms with Gasteiger partial charge < -0.3 is 18.9 Å². The zero-order valence-electron chi connectivity index (χ0n) is 20.0. The van der Waals surface area contributed by atoms with Gasteiger partial charge >= 0.3 is 5.97 Å². The van der Waals surface area contributed by atoms with E-state index < -0.39 is 6.10 Å². The van der Waals surface area contributed by atoms with Crippen LogP contribution in [0.5, 0.6) is 17.2 Å². The molecule has 0 amide bonds. The van der Waals surface area contributed by atoms with Crippen LogP contribution in [0, 0.1) is 0 Å². The third-order valence-corrected chi connectivity index (χ3v) is 5.19. The topological polar surface area (TPSA) is 54.0 Å². The fourth-order valence-electron chi connectivity index (χ4n) is 3.37. The molecular formula is C29H32O5. The van der Waals surface area contributed by atoms with E-state index in [1.165, 1.54) is 0 Å². The van der Waals surface area contributed by atoms with Crippen LogP contribution in [0.2, 0.25) is 0 Å². The highest BCUT2D eigenvalue weighted by molar-refractivity contribution is 5.75. The molecule has 178 valence electrons. The second-order valence-corrected chi connectivity index (χ2v) is 7.68. The molecule has 34 heavy (non-hydrogen) atoms. The predicted molar refractivity (Wildman–Crippen MR) is 134 cm³/mol. The summed E-state index contributed by atoms with van der Waals surface area (Å²) < 4.78 is 22.4. The van der Waals surface area contributed by atoms with Gasteiger partial charge in [0.2, 0.25) is 0 Å². The Morgan fingerprint density at radius 1 is 0.824 bits per heavy atom. The number of rotatable bonds is 12. The fourth-order valence-corrected chi connectivity index (χ4v) is 3.37. The van der Waals surface area contributed by atoms with Crippen molar-refractivity contribution in [1.29, 1.82) is 0 Å². The molecule has 0 aliphatic rings. The minimum Gasteiger partial charge on any atom is -0.490 e. The van der Waals surface area contributed by atoms with Crippen LogP contribution >= 0.6 is 0 Å². The summed E-state index contributed by atoms with van der Waals surface area (Å²) in [4.78, 5) is 12.0. The van der Waals surface area contributed by atoms with Crippen LogP contribution in [0.4, 0.5) is 0 Å². The average Bonchev–Trinajstić information content (AvgIpc) is 2.86. The van der Waals surface area contributed by atoms with Crippen LogP contribution in [0.25, 0.3) is 5.57 Å². The van der Waals surface area contributed by atoms with E-state index in [0.29, 0.717) is 26.2 Å². The minimum absolute atomic E-state index is 0.329. The monoisotopic (exact) mass is 460 g/mol. The lowest BCUT2D eigenvalue weighted by molar-refractivity contribution is -0.156. The quantitative estimate of drug-likeness (QED) is 0.290. The summed E-state index contributed by atoms with van der Waals surface area (Å²) in [5.74, 6) is 2.05. The molecule has 0 aliphatic carbocycles. The smallest absolute Gasteiger partial charge is 0.335 e. The molecule has 5 nitrogen and oxygen atoms in total. The highest BCUT2D eigenvalue weighted by Gasteiger charge is 2.20. The Hall–Kier alpha value is -3.57. The van der Waals surface area contributed by atoms with E-state index in [0.717, 1.165) is 33.9 Å². The summed E-state index contributed by atoms with van der Waals surface area (Å²) in [6.07, 6.45) is 1.93. The van der Waals surface area contributed by atoms with Gasteiger partial charge in [0.15, 0.2) is 6.10 Å². The normalized spacial score (nSPS) is 12.1. The third kappa shape index (κ3) is 7.78. The van der Waals surface area contributed by atoms with E-state index in [9.17, 15) is 4.79 Å². The number of esters is 1. The number of allylic oxidation sites excluding steroid dienone is 1. The molecule has 3 aromatic carbocycles. The van der Waals surface area contributed by atoms with Crippen LogP contribution in [0.1, 0.15) is 31.9 Å². The predicted octanol–water partition coefficient (Wildman–Crippen LogP) is 6.47. The van der Waals surface area contributed by atoms with Crippen LogP contribution in [0.15, 0.2) is 84.9 Å². The van der Waals surface area contributed by atoms with Gasteiger partial charge in [0.1, 0.15) is 23.9 Å². The molecular weight excluding hydrogens is 428 g/mol. The number of hydrogen-bond donors (Lipinski definition) is 0. The number of hydrogen-bond acceptors (Lipinski definition) is 5. The zero-order valence-corrected chi connectivity index (χ0v) is 20.0. The van der Waals surface area contributed by atoms with E-state index >= 15 is 0 Å². The number of carbonyl (C=O) groups is 1. The van der Waals surface area contributed by atoms with Crippen molar-refractivity contribution >= 4 is 11.5 Å². The van der Waals surface area contributed by atoms with Crippen molar-refractivity contribution in [1.82, 2.24) is 0 Å². The molecule has 0 heterocycles. The minimum atomic E-state index is -0.591. The molecule has 3 aromatic rings. The standard InChI is InChI=1S/C29H32O5/c1-4-31-28(29(30)32-5-2)21-23-11-15-25(16-12-23)33-20-19-22(3)24-13-17-27(18-14-24)34-26-9-7-6-8-10-26/h6-19,28H,4-5,20-21H2,1-3H3/b22-19+. The van der Waals surface area contributed by atoms with Crippen molar-refractivity contribution in [2.45, 2.75) is 33.3 Å². The summed E-state index contributed by atoms with van der Waals surface area (Å²) in [6.45, 7) is 6.97. The van der Waals surface area contributed by atoms with Crippen LogP contribution < -0.4 is 9.47 Å². The summed E-state index contributed by atoms with van der Waals surface area (Å²) in [7, 11) is 0. The first kappa shape index (κ1) is 25.1. The van der Waals surface area contributed by atoms with Gasteiger partial charge in [0.25, 0.3) is 0 Å². The van der Waals surface area contributed by atoms with Crippen molar-refractivity contribution in [3.63, 3.8) is 0 Å².